The minimum absolute atomic E-state index is 0.260. The van der Waals surface area contributed by atoms with Crippen molar-refractivity contribution in [2.24, 2.45) is 0 Å². The third-order valence-electron chi connectivity index (χ3n) is 2.78. The van der Waals surface area contributed by atoms with Crippen LogP contribution in [0.2, 0.25) is 0 Å². The van der Waals surface area contributed by atoms with Crippen molar-refractivity contribution in [3.05, 3.63) is 34.9 Å². The highest BCUT2D eigenvalue weighted by Gasteiger charge is 2.12. The van der Waals surface area contributed by atoms with E-state index < -0.39 is 0 Å². The standard InChI is InChI=1S/C14H23NOS/c1-4-15-14(10-17-8-7-16)13-9-11(2)5-6-12(13)3/h5-6,9,14-16H,4,7-8,10H2,1-3H3. The Kier molecular flexibility index (Phi) is 6.63. The van der Waals surface area contributed by atoms with E-state index in [2.05, 4.69) is 44.3 Å². The summed E-state index contributed by atoms with van der Waals surface area (Å²) in [7, 11) is 0. The summed E-state index contributed by atoms with van der Waals surface area (Å²) in [5.41, 5.74) is 4.03. The molecule has 0 spiro atoms. The average Bonchev–Trinajstić information content (AvgIpc) is 2.32. The number of hydrogen-bond acceptors (Lipinski definition) is 3. The first-order chi connectivity index (χ1) is 8.19. The fourth-order valence-electron chi connectivity index (χ4n) is 1.91. The van der Waals surface area contributed by atoms with Crippen LogP contribution in [0.1, 0.15) is 29.7 Å². The van der Waals surface area contributed by atoms with Gasteiger partial charge in [-0.1, -0.05) is 30.7 Å². The summed E-state index contributed by atoms with van der Waals surface area (Å²) in [6.45, 7) is 7.66. The first kappa shape index (κ1) is 14.6. The monoisotopic (exact) mass is 253 g/mol. The number of aliphatic hydroxyl groups is 1. The molecule has 1 atom stereocenters. The lowest BCUT2D eigenvalue weighted by atomic mass is 10.00. The van der Waals surface area contributed by atoms with E-state index in [1.807, 2.05) is 0 Å². The topological polar surface area (TPSA) is 32.3 Å². The molecule has 1 unspecified atom stereocenters. The van der Waals surface area contributed by atoms with Crippen LogP contribution in [0.15, 0.2) is 18.2 Å². The van der Waals surface area contributed by atoms with Crippen LogP contribution in [0.5, 0.6) is 0 Å². The zero-order valence-corrected chi connectivity index (χ0v) is 11.8. The molecule has 0 saturated heterocycles. The van der Waals surface area contributed by atoms with Gasteiger partial charge < -0.3 is 10.4 Å². The fourth-order valence-corrected chi connectivity index (χ4v) is 2.73. The fraction of sp³-hybridized carbons (Fsp3) is 0.571. The summed E-state index contributed by atoms with van der Waals surface area (Å²) in [6.07, 6.45) is 0. The molecule has 0 aliphatic rings. The van der Waals surface area contributed by atoms with Crippen molar-refractivity contribution >= 4 is 11.8 Å². The van der Waals surface area contributed by atoms with E-state index in [0.717, 1.165) is 18.1 Å². The molecule has 1 aromatic rings. The maximum absolute atomic E-state index is 8.84. The van der Waals surface area contributed by atoms with Crippen LogP contribution in [0.4, 0.5) is 0 Å². The van der Waals surface area contributed by atoms with Crippen LogP contribution in [0.25, 0.3) is 0 Å². The van der Waals surface area contributed by atoms with E-state index in [9.17, 15) is 0 Å². The highest BCUT2D eigenvalue weighted by molar-refractivity contribution is 7.99. The molecule has 1 aromatic carbocycles. The predicted octanol–water partition coefficient (Wildman–Crippen LogP) is 2.68. The Labute approximate surface area is 109 Å². The van der Waals surface area contributed by atoms with E-state index in [0.29, 0.717) is 6.04 Å². The molecule has 2 nitrogen and oxygen atoms in total. The molecule has 0 aromatic heterocycles. The second-order valence-electron chi connectivity index (χ2n) is 4.27. The summed E-state index contributed by atoms with van der Waals surface area (Å²) >= 11 is 1.80. The second kappa shape index (κ2) is 7.75. The molecule has 0 radical (unpaired) electrons. The number of benzene rings is 1. The second-order valence-corrected chi connectivity index (χ2v) is 5.42. The number of rotatable bonds is 7. The molecule has 3 heteroatoms. The van der Waals surface area contributed by atoms with Crippen LogP contribution in [-0.2, 0) is 0 Å². The Morgan fingerprint density at radius 3 is 2.76 bits per heavy atom. The predicted molar refractivity (Wildman–Crippen MR) is 76.7 cm³/mol. The van der Waals surface area contributed by atoms with Crippen molar-refractivity contribution in [1.29, 1.82) is 0 Å². The van der Waals surface area contributed by atoms with Gasteiger partial charge >= 0.3 is 0 Å². The largest absolute Gasteiger partial charge is 0.396 e. The molecule has 96 valence electrons. The van der Waals surface area contributed by atoms with Gasteiger partial charge in [0.1, 0.15) is 0 Å². The quantitative estimate of drug-likeness (QED) is 0.733. The molecule has 17 heavy (non-hydrogen) atoms. The number of nitrogens with one attached hydrogen (secondary N) is 1. The van der Waals surface area contributed by atoms with Crippen molar-refractivity contribution in [3.63, 3.8) is 0 Å². The molecule has 0 aliphatic heterocycles. The van der Waals surface area contributed by atoms with Gasteiger partial charge in [-0.05, 0) is 31.5 Å². The molecular weight excluding hydrogens is 230 g/mol. The van der Waals surface area contributed by atoms with Crippen LogP contribution >= 0.6 is 11.8 Å². The van der Waals surface area contributed by atoms with E-state index in [4.69, 9.17) is 5.11 Å². The van der Waals surface area contributed by atoms with Gasteiger partial charge in [0.15, 0.2) is 0 Å². The highest BCUT2D eigenvalue weighted by Crippen LogP contribution is 2.22. The van der Waals surface area contributed by atoms with Gasteiger partial charge in [-0.2, -0.15) is 11.8 Å². The normalized spacial score (nSPS) is 12.7. The van der Waals surface area contributed by atoms with E-state index >= 15 is 0 Å². The average molecular weight is 253 g/mol. The summed E-state index contributed by atoms with van der Waals surface area (Å²) in [5, 5.41) is 12.4. The van der Waals surface area contributed by atoms with Gasteiger partial charge in [0.05, 0.1) is 6.61 Å². The molecule has 0 amide bonds. The number of thioether (sulfide) groups is 1. The molecule has 0 aliphatic carbocycles. The maximum Gasteiger partial charge on any atom is 0.0521 e. The minimum atomic E-state index is 0.260. The Morgan fingerprint density at radius 1 is 1.35 bits per heavy atom. The van der Waals surface area contributed by atoms with Crippen molar-refractivity contribution in [2.75, 3.05) is 24.7 Å². The number of hydrogen-bond donors (Lipinski definition) is 2. The van der Waals surface area contributed by atoms with E-state index in [1.165, 1.54) is 16.7 Å². The van der Waals surface area contributed by atoms with Crippen LogP contribution in [0, 0.1) is 13.8 Å². The Bertz CT molecular complexity index is 341. The highest BCUT2D eigenvalue weighted by atomic mass is 32.2. The Morgan fingerprint density at radius 2 is 2.12 bits per heavy atom. The third kappa shape index (κ3) is 4.70. The van der Waals surface area contributed by atoms with Gasteiger partial charge in [-0.25, -0.2) is 0 Å². The van der Waals surface area contributed by atoms with Crippen LogP contribution < -0.4 is 5.32 Å². The number of aliphatic hydroxyl groups excluding tert-OH is 1. The first-order valence-electron chi connectivity index (χ1n) is 6.18. The maximum atomic E-state index is 8.84. The van der Waals surface area contributed by atoms with Gasteiger partial charge in [0, 0.05) is 17.5 Å². The lowest BCUT2D eigenvalue weighted by molar-refractivity contribution is 0.322. The van der Waals surface area contributed by atoms with E-state index in [1.54, 1.807) is 11.8 Å². The zero-order valence-electron chi connectivity index (χ0n) is 11.0. The molecule has 0 fully saturated rings. The minimum Gasteiger partial charge on any atom is -0.396 e. The lowest BCUT2D eigenvalue weighted by Gasteiger charge is -2.20. The SMILES string of the molecule is CCNC(CSCCO)c1cc(C)ccc1C. The van der Waals surface area contributed by atoms with E-state index in [-0.39, 0.29) is 6.61 Å². The molecule has 0 saturated carbocycles. The van der Waals surface area contributed by atoms with Crippen molar-refractivity contribution in [2.45, 2.75) is 26.8 Å². The van der Waals surface area contributed by atoms with Crippen LogP contribution in [-0.4, -0.2) is 29.8 Å². The molecule has 0 bridgehead atoms. The summed E-state index contributed by atoms with van der Waals surface area (Å²) in [5.74, 6) is 1.82. The summed E-state index contributed by atoms with van der Waals surface area (Å²) in [6, 6.07) is 6.99. The smallest absolute Gasteiger partial charge is 0.0521 e. The van der Waals surface area contributed by atoms with Gasteiger partial charge in [-0.15, -0.1) is 0 Å². The van der Waals surface area contributed by atoms with Gasteiger partial charge in [-0.3, -0.25) is 0 Å². The lowest BCUT2D eigenvalue weighted by Crippen LogP contribution is -2.24. The van der Waals surface area contributed by atoms with Gasteiger partial charge in [0.25, 0.3) is 0 Å². The van der Waals surface area contributed by atoms with Crippen LogP contribution in [0.3, 0.4) is 0 Å². The molecule has 0 heterocycles. The van der Waals surface area contributed by atoms with Crippen molar-refractivity contribution in [3.8, 4) is 0 Å². The first-order valence-corrected chi connectivity index (χ1v) is 7.33. The molecule has 2 N–H and O–H groups in total. The Balaban J connectivity index is 2.77. The number of aryl methyl sites for hydroxylation is 2. The zero-order chi connectivity index (χ0) is 12.7. The van der Waals surface area contributed by atoms with Gasteiger partial charge in [0.2, 0.25) is 0 Å². The molecule has 1 rings (SSSR count). The van der Waals surface area contributed by atoms with Crippen molar-refractivity contribution < 1.29 is 5.11 Å². The Hall–Kier alpha value is -0.510. The molecular formula is C14H23NOS. The summed E-state index contributed by atoms with van der Waals surface area (Å²) < 4.78 is 0. The summed E-state index contributed by atoms with van der Waals surface area (Å²) in [4.78, 5) is 0. The van der Waals surface area contributed by atoms with Crippen molar-refractivity contribution in [1.82, 2.24) is 5.32 Å². The third-order valence-corrected chi connectivity index (χ3v) is 3.82.